The molecule has 0 aromatic heterocycles. The third kappa shape index (κ3) is 4.48. The van der Waals surface area contributed by atoms with Crippen molar-refractivity contribution < 1.29 is 9.53 Å². The summed E-state index contributed by atoms with van der Waals surface area (Å²) in [6, 6.07) is 26.6. The van der Waals surface area contributed by atoms with Crippen molar-refractivity contribution >= 4 is 55.8 Å². The Balaban J connectivity index is 1.64. The first-order valence-electron chi connectivity index (χ1n) is 11.5. The lowest BCUT2D eigenvalue weighted by Crippen LogP contribution is -2.56. The molecule has 0 saturated heterocycles. The molecule has 0 N–H and O–H groups in total. The first-order chi connectivity index (χ1) is 17.0. The summed E-state index contributed by atoms with van der Waals surface area (Å²) in [5, 5.41) is 14.1. The number of nitrogens with zero attached hydrogens (tertiary/aromatic N) is 4. The molecule has 0 radical (unpaired) electrons. The summed E-state index contributed by atoms with van der Waals surface area (Å²) >= 11 is 4.90. The van der Waals surface area contributed by atoms with Crippen LogP contribution in [0.4, 0.5) is 11.4 Å². The summed E-state index contributed by atoms with van der Waals surface area (Å²) in [4.78, 5) is 11.8. The van der Waals surface area contributed by atoms with E-state index < -0.39 is 11.0 Å². The Kier molecular flexibility index (Phi) is 6.67. The fourth-order valence-electron chi connectivity index (χ4n) is 4.29. The van der Waals surface area contributed by atoms with Gasteiger partial charge in [-0.05, 0) is 72.1 Å². The van der Waals surface area contributed by atoms with Crippen LogP contribution in [0.3, 0.4) is 0 Å². The Hall–Kier alpha value is -3.10. The Bertz CT molecular complexity index is 1280. The average molecular weight is 549 g/mol. The minimum Gasteiger partial charge on any atom is -0.464 e. The largest absolute Gasteiger partial charge is 0.464 e. The van der Waals surface area contributed by atoms with Gasteiger partial charge in [0.15, 0.2) is 0 Å². The molecule has 0 unspecified atom stereocenters. The van der Waals surface area contributed by atoms with E-state index in [-0.39, 0.29) is 0 Å². The summed E-state index contributed by atoms with van der Waals surface area (Å²) in [6.45, 7) is 2.15. The molecule has 1 spiro atoms. The fourth-order valence-corrected chi connectivity index (χ4v) is 5.82. The first-order valence-corrected chi connectivity index (χ1v) is 13.1. The van der Waals surface area contributed by atoms with Crippen LogP contribution in [0, 0.1) is 0 Å². The van der Waals surface area contributed by atoms with Crippen LogP contribution in [0.1, 0.15) is 30.9 Å². The van der Waals surface area contributed by atoms with E-state index in [1.807, 2.05) is 64.6 Å². The van der Waals surface area contributed by atoms with Gasteiger partial charge in [0.1, 0.15) is 0 Å². The number of hydrogen-bond donors (Lipinski definition) is 0. The van der Waals surface area contributed by atoms with Crippen molar-refractivity contribution in [3.8, 4) is 0 Å². The summed E-state index contributed by atoms with van der Waals surface area (Å²) in [5.74, 6) is -0.452. The molecule has 8 heteroatoms. The SMILES string of the molecule is CCc1ccc(C2=NN(c3ccccc3)[C@@]3(CC2)SC(C(=O)OC)=NN3c2ccc(Br)cc2)cc1. The van der Waals surface area contributed by atoms with Crippen LogP contribution >= 0.6 is 27.7 Å². The molecular formula is C27H25BrN4O2S. The average Bonchev–Trinajstić information content (AvgIpc) is 3.29. The molecule has 0 bridgehead atoms. The number of ether oxygens (including phenoxy) is 1. The molecule has 2 heterocycles. The topological polar surface area (TPSA) is 57.5 Å². The number of benzene rings is 3. The van der Waals surface area contributed by atoms with E-state index in [0.717, 1.165) is 40.0 Å². The van der Waals surface area contributed by atoms with Crippen molar-refractivity contribution in [2.45, 2.75) is 31.2 Å². The number of hydrogen-bond acceptors (Lipinski definition) is 7. The highest BCUT2D eigenvalue weighted by Crippen LogP contribution is 2.50. The molecule has 178 valence electrons. The molecule has 1 atom stereocenters. The van der Waals surface area contributed by atoms with Crippen LogP contribution < -0.4 is 10.0 Å². The van der Waals surface area contributed by atoms with Gasteiger partial charge in [-0.1, -0.05) is 65.3 Å². The molecule has 2 aliphatic heterocycles. The molecule has 35 heavy (non-hydrogen) atoms. The molecule has 5 rings (SSSR count). The second-order valence-electron chi connectivity index (χ2n) is 8.27. The van der Waals surface area contributed by atoms with Gasteiger partial charge in [0.2, 0.25) is 10.0 Å². The zero-order valence-electron chi connectivity index (χ0n) is 19.5. The predicted octanol–water partition coefficient (Wildman–Crippen LogP) is 6.41. The monoisotopic (exact) mass is 548 g/mol. The van der Waals surface area contributed by atoms with Gasteiger partial charge in [-0.2, -0.15) is 10.2 Å². The molecule has 0 amide bonds. The fraction of sp³-hybridized carbons (Fsp3) is 0.222. The number of para-hydroxylation sites is 1. The second-order valence-corrected chi connectivity index (χ2v) is 10.4. The number of aryl methyl sites for hydroxylation is 1. The quantitative estimate of drug-likeness (QED) is 0.345. The molecule has 0 fully saturated rings. The summed E-state index contributed by atoms with van der Waals surface area (Å²) in [7, 11) is 1.38. The van der Waals surface area contributed by atoms with Gasteiger partial charge in [-0.15, -0.1) is 0 Å². The zero-order valence-corrected chi connectivity index (χ0v) is 21.9. The normalized spacial score (nSPS) is 19.5. The maximum Gasteiger partial charge on any atom is 0.365 e. The molecule has 2 aliphatic rings. The van der Waals surface area contributed by atoms with Gasteiger partial charge in [-0.3, -0.25) is 0 Å². The lowest BCUT2D eigenvalue weighted by molar-refractivity contribution is -0.132. The van der Waals surface area contributed by atoms with E-state index in [4.69, 9.17) is 14.9 Å². The number of halogens is 1. The number of esters is 1. The predicted molar refractivity (Wildman–Crippen MR) is 147 cm³/mol. The van der Waals surface area contributed by atoms with Gasteiger partial charge >= 0.3 is 5.97 Å². The van der Waals surface area contributed by atoms with E-state index in [0.29, 0.717) is 11.5 Å². The Morgan fingerprint density at radius 2 is 1.63 bits per heavy atom. The van der Waals surface area contributed by atoms with Crippen LogP contribution in [0.2, 0.25) is 0 Å². The van der Waals surface area contributed by atoms with Crippen molar-refractivity contribution in [1.29, 1.82) is 0 Å². The number of carbonyl (C=O) groups excluding carboxylic acids is 1. The smallest absolute Gasteiger partial charge is 0.365 e. The van der Waals surface area contributed by atoms with Gasteiger partial charge < -0.3 is 4.74 Å². The molecule has 0 saturated carbocycles. The van der Waals surface area contributed by atoms with Crippen LogP contribution in [0.5, 0.6) is 0 Å². The highest BCUT2D eigenvalue weighted by atomic mass is 79.9. The minimum atomic E-state index is -0.758. The first kappa shape index (κ1) is 23.6. The lowest BCUT2D eigenvalue weighted by Gasteiger charge is -2.46. The van der Waals surface area contributed by atoms with Crippen molar-refractivity contribution in [3.05, 3.63) is 94.5 Å². The van der Waals surface area contributed by atoms with E-state index in [1.165, 1.54) is 24.4 Å². The van der Waals surface area contributed by atoms with Crippen LogP contribution in [-0.2, 0) is 16.0 Å². The van der Waals surface area contributed by atoms with E-state index in [9.17, 15) is 4.79 Å². The van der Waals surface area contributed by atoms with Gasteiger partial charge in [0.05, 0.1) is 24.2 Å². The molecule has 0 aliphatic carbocycles. The summed E-state index contributed by atoms with van der Waals surface area (Å²) in [6.07, 6.45) is 2.43. The van der Waals surface area contributed by atoms with E-state index in [1.54, 1.807) is 0 Å². The third-order valence-corrected chi connectivity index (χ3v) is 8.00. The molecule has 3 aromatic carbocycles. The second kappa shape index (κ2) is 9.87. The van der Waals surface area contributed by atoms with E-state index in [2.05, 4.69) is 47.1 Å². The van der Waals surface area contributed by atoms with Gasteiger partial charge in [0.25, 0.3) is 0 Å². The number of hydrazone groups is 2. The Labute approximate surface area is 217 Å². The van der Waals surface area contributed by atoms with Gasteiger partial charge in [-0.25, -0.2) is 14.8 Å². The van der Waals surface area contributed by atoms with Crippen molar-refractivity contribution in [2.75, 3.05) is 17.1 Å². The maximum absolute atomic E-state index is 12.6. The molecule has 6 nitrogen and oxygen atoms in total. The summed E-state index contributed by atoms with van der Waals surface area (Å²) < 4.78 is 6.02. The van der Waals surface area contributed by atoms with Crippen LogP contribution in [0.15, 0.2) is 93.5 Å². The molecular weight excluding hydrogens is 524 g/mol. The van der Waals surface area contributed by atoms with E-state index >= 15 is 0 Å². The number of thioether (sulfide) groups is 1. The standard InChI is InChI=1S/C27H25BrN4O2S/c1-3-19-9-11-20(12-10-19)24-17-18-27(31(29-24)22-7-5-4-6-8-22)32(23-15-13-21(28)14-16-23)30-25(35-27)26(33)34-2/h4-16H,3,17-18H2,1-2H3/t27-/m1/s1. The Morgan fingerprint density at radius 3 is 2.29 bits per heavy atom. The molecule has 3 aromatic rings. The highest BCUT2D eigenvalue weighted by Gasteiger charge is 2.53. The zero-order chi connectivity index (χ0) is 24.4. The maximum atomic E-state index is 12.6. The highest BCUT2D eigenvalue weighted by molar-refractivity contribution is 9.10. The van der Waals surface area contributed by atoms with Crippen molar-refractivity contribution in [2.24, 2.45) is 10.2 Å². The number of carbonyl (C=O) groups is 1. The van der Waals surface area contributed by atoms with Crippen LogP contribution in [0.25, 0.3) is 0 Å². The number of methoxy groups -OCH3 is 1. The lowest BCUT2D eigenvalue weighted by atomic mass is 10.0. The Morgan fingerprint density at radius 1 is 0.971 bits per heavy atom. The number of rotatable bonds is 5. The third-order valence-electron chi connectivity index (χ3n) is 6.15. The van der Waals surface area contributed by atoms with Crippen LogP contribution in [-0.4, -0.2) is 28.8 Å². The van der Waals surface area contributed by atoms with Crippen molar-refractivity contribution in [3.63, 3.8) is 0 Å². The summed E-state index contributed by atoms with van der Waals surface area (Å²) in [5.41, 5.74) is 5.19. The van der Waals surface area contributed by atoms with Gasteiger partial charge in [0, 0.05) is 10.9 Å². The minimum absolute atomic E-state index is 0.308. The number of anilines is 2. The van der Waals surface area contributed by atoms with Crippen molar-refractivity contribution in [1.82, 2.24) is 0 Å².